The molecule has 4 nitrogen and oxygen atoms in total. The normalized spacial score (nSPS) is 18.3. The van der Waals surface area contributed by atoms with E-state index in [0.29, 0.717) is 5.92 Å². The Bertz CT molecular complexity index is 573. The zero-order valence-electron chi connectivity index (χ0n) is 11.3. The molecule has 2 heterocycles. The molecule has 0 radical (unpaired) electrons. The van der Waals surface area contributed by atoms with Gasteiger partial charge in [-0.2, -0.15) is 0 Å². The Balaban J connectivity index is 1.84. The van der Waals surface area contributed by atoms with Crippen LogP contribution < -0.4 is 5.73 Å². The van der Waals surface area contributed by atoms with E-state index in [1.54, 1.807) is 0 Å². The summed E-state index contributed by atoms with van der Waals surface area (Å²) in [5, 5.41) is 8.71. The first kappa shape index (κ1) is 12.4. The Morgan fingerprint density at radius 2 is 2.16 bits per heavy atom. The number of fused-ring (bicyclic) bond motifs is 1. The molecule has 1 aliphatic rings. The van der Waals surface area contributed by atoms with Crippen LogP contribution in [0.25, 0.3) is 0 Å². The standard InChI is InChI=1S/C15H20N4/c1-11-4-2-3-5-13(11)9-15-18-17-14-8-12(10-16)6-7-19(14)15/h2-5,12H,6-10,16H2,1H3. The second kappa shape index (κ2) is 5.13. The summed E-state index contributed by atoms with van der Waals surface area (Å²) >= 11 is 0. The number of hydrogen-bond acceptors (Lipinski definition) is 3. The largest absolute Gasteiger partial charge is 0.330 e. The Hall–Kier alpha value is -1.68. The Morgan fingerprint density at radius 1 is 1.32 bits per heavy atom. The Labute approximate surface area is 113 Å². The quantitative estimate of drug-likeness (QED) is 0.909. The summed E-state index contributed by atoms with van der Waals surface area (Å²) in [5.74, 6) is 2.76. The lowest BCUT2D eigenvalue weighted by atomic mass is 9.98. The van der Waals surface area contributed by atoms with E-state index in [2.05, 4.69) is 46.0 Å². The minimum Gasteiger partial charge on any atom is -0.330 e. The molecule has 3 rings (SSSR count). The molecule has 2 N–H and O–H groups in total. The molecule has 0 saturated carbocycles. The van der Waals surface area contributed by atoms with Crippen LogP contribution in [0.3, 0.4) is 0 Å². The van der Waals surface area contributed by atoms with Crippen molar-refractivity contribution in [3.63, 3.8) is 0 Å². The van der Waals surface area contributed by atoms with Crippen LogP contribution in [0.15, 0.2) is 24.3 Å². The minimum atomic E-state index is 0.572. The molecular formula is C15H20N4. The van der Waals surface area contributed by atoms with E-state index in [1.165, 1.54) is 11.1 Å². The summed E-state index contributed by atoms with van der Waals surface area (Å²) in [5.41, 5.74) is 8.40. The molecular weight excluding hydrogens is 236 g/mol. The molecule has 1 aromatic carbocycles. The SMILES string of the molecule is Cc1ccccc1Cc1nnc2n1CCC(CN)C2. The molecule has 19 heavy (non-hydrogen) atoms. The number of nitrogens with zero attached hydrogens (tertiary/aromatic N) is 3. The van der Waals surface area contributed by atoms with E-state index < -0.39 is 0 Å². The molecule has 2 aromatic rings. The van der Waals surface area contributed by atoms with Gasteiger partial charge in [-0.05, 0) is 36.9 Å². The number of aromatic nitrogens is 3. The van der Waals surface area contributed by atoms with Crippen LogP contribution in [0.4, 0.5) is 0 Å². The van der Waals surface area contributed by atoms with Crippen molar-refractivity contribution >= 4 is 0 Å². The van der Waals surface area contributed by atoms with Gasteiger partial charge < -0.3 is 10.3 Å². The van der Waals surface area contributed by atoms with E-state index in [4.69, 9.17) is 5.73 Å². The summed E-state index contributed by atoms with van der Waals surface area (Å²) in [6, 6.07) is 8.47. The first-order valence-electron chi connectivity index (χ1n) is 6.93. The molecule has 1 atom stereocenters. The maximum absolute atomic E-state index is 5.75. The van der Waals surface area contributed by atoms with Crippen LogP contribution >= 0.6 is 0 Å². The van der Waals surface area contributed by atoms with Crippen molar-refractivity contribution in [3.8, 4) is 0 Å². The van der Waals surface area contributed by atoms with Crippen LogP contribution in [0, 0.1) is 12.8 Å². The van der Waals surface area contributed by atoms with E-state index in [9.17, 15) is 0 Å². The maximum atomic E-state index is 5.75. The maximum Gasteiger partial charge on any atom is 0.137 e. The fourth-order valence-corrected chi connectivity index (χ4v) is 2.76. The zero-order valence-corrected chi connectivity index (χ0v) is 11.3. The molecule has 100 valence electrons. The smallest absolute Gasteiger partial charge is 0.137 e. The number of aryl methyl sites for hydroxylation is 1. The highest BCUT2D eigenvalue weighted by molar-refractivity contribution is 5.28. The topological polar surface area (TPSA) is 56.7 Å². The van der Waals surface area contributed by atoms with Crippen molar-refractivity contribution in [2.24, 2.45) is 11.7 Å². The van der Waals surface area contributed by atoms with E-state index in [0.717, 1.165) is 44.0 Å². The Morgan fingerprint density at radius 3 is 2.95 bits per heavy atom. The predicted molar refractivity (Wildman–Crippen MR) is 74.9 cm³/mol. The van der Waals surface area contributed by atoms with Crippen LogP contribution in [0.2, 0.25) is 0 Å². The average Bonchev–Trinajstić information content (AvgIpc) is 2.83. The number of rotatable bonds is 3. The second-order valence-electron chi connectivity index (χ2n) is 5.38. The van der Waals surface area contributed by atoms with Gasteiger partial charge in [-0.25, -0.2) is 0 Å². The molecule has 1 aliphatic heterocycles. The van der Waals surface area contributed by atoms with Gasteiger partial charge in [-0.15, -0.1) is 10.2 Å². The molecule has 0 saturated heterocycles. The molecule has 0 spiro atoms. The summed E-state index contributed by atoms with van der Waals surface area (Å²) in [7, 11) is 0. The monoisotopic (exact) mass is 256 g/mol. The summed E-state index contributed by atoms with van der Waals surface area (Å²) in [6.07, 6.45) is 2.98. The molecule has 1 aromatic heterocycles. The highest BCUT2D eigenvalue weighted by atomic mass is 15.3. The second-order valence-corrected chi connectivity index (χ2v) is 5.38. The van der Waals surface area contributed by atoms with Gasteiger partial charge in [-0.1, -0.05) is 24.3 Å². The number of benzene rings is 1. The lowest BCUT2D eigenvalue weighted by Gasteiger charge is -2.22. The lowest BCUT2D eigenvalue weighted by molar-refractivity contribution is 0.385. The highest BCUT2D eigenvalue weighted by Crippen LogP contribution is 2.21. The van der Waals surface area contributed by atoms with Crippen molar-refractivity contribution in [2.75, 3.05) is 6.54 Å². The molecule has 4 heteroatoms. The van der Waals surface area contributed by atoms with E-state index in [1.807, 2.05) is 0 Å². The van der Waals surface area contributed by atoms with Crippen LogP contribution in [-0.2, 0) is 19.4 Å². The first-order valence-corrected chi connectivity index (χ1v) is 6.93. The molecule has 0 fully saturated rings. The number of hydrogen-bond donors (Lipinski definition) is 1. The van der Waals surface area contributed by atoms with Crippen molar-refractivity contribution in [1.29, 1.82) is 0 Å². The summed E-state index contributed by atoms with van der Waals surface area (Å²) in [6.45, 7) is 3.90. The van der Waals surface area contributed by atoms with E-state index in [-0.39, 0.29) is 0 Å². The minimum absolute atomic E-state index is 0.572. The van der Waals surface area contributed by atoms with Crippen LogP contribution in [-0.4, -0.2) is 21.3 Å². The van der Waals surface area contributed by atoms with Gasteiger partial charge >= 0.3 is 0 Å². The van der Waals surface area contributed by atoms with Crippen molar-refractivity contribution < 1.29 is 0 Å². The average molecular weight is 256 g/mol. The van der Waals surface area contributed by atoms with Gasteiger partial charge in [-0.3, -0.25) is 0 Å². The van der Waals surface area contributed by atoms with Gasteiger partial charge in [0.15, 0.2) is 0 Å². The predicted octanol–water partition coefficient (Wildman–Crippen LogP) is 1.70. The first-order chi connectivity index (χ1) is 9.28. The van der Waals surface area contributed by atoms with Crippen LogP contribution in [0.1, 0.15) is 29.2 Å². The van der Waals surface area contributed by atoms with Gasteiger partial charge in [0.2, 0.25) is 0 Å². The fraction of sp³-hybridized carbons (Fsp3) is 0.467. The number of nitrogens with two attached hydrogens (primary N) is 1. The van der Waals surface area contributed by atoms with Crippen LogP contribution in [0.5, 0.6) is 0 Å². The van der Waals surface area contributed by atoms with Gasteiger partial charge in [0.1, 0.15) is 11.6 Å². The molecule has 0 bridgehead atoms. The zero-order chi connectivity index (χ0) is 13.2. The molecule has 1 unspecified atom stereocenters. The fourth-order valence-electron chi connectivity index (χ4n) is 2.76. The highest BCUT2D eigenvalue weighted by Gasteiger charge is 2.22. The molecule has 0 aliphatic carbocycles. The third kappa shape index (κ3) is 2.40. The lowest BCUT2D eigenvalue weighted by Crippen LogP contribution is -2.26. The molecule has 0 amide bonds. The summed E-state index contributed by atoms with van der Waals surface area (Å²) < 4.78 is 2.28. The third-order valence-corrected chi connectivity index (χ3v) is 4.08. The van der Waals surface area contributed by atoms with Crippen molar-refractivity contribution in [1.82, 2.24) is 14.8 Å². The van der Waals surface area contributed by atoms with Crippen molar-refractivity contribution in [3.05, 3.63) is 47.0 Å². The van der Waals surface area contributed by atoms with Gasteiger partial charge in [0.25, 0.3) is 0 Å². The van der Waals surface area contributed by atoms with Gasteiger partial charge in [0, 0.05) is 19.4 Å². The van der Waals surface area contributed by atoms with Gasteiger partial charge in [0.05, 0.1) is 0 Å². The Kier molecular flexibility index (Phi) is 3.34. The van der Waals surface area contributed by atoms with E-state index >= 15 is 0 Å². The summed E-state index contributed by atoms with van der Waals surface area (Å²) in [4.78, 5) is 0. The van der Waals surface area contributed by atoms with Crippen molar-refractivity contribution in [2.45, 2.75) is 32.7 Å². The third-order valence-electron chi connectivity index (χ3n) is 4.08.